The van der Waals surface area contributed by atoms with Crippen LogP contribution in [0.4, 0.5) is 4.39 Å². The zero-order chi connectivity index (χ0) is 10.7. The Morgan fingerprint density at radius 3 is 2.79 bits per heavy atom. The molecule has 0 aliphatic heterocycles. The van der Waals surface area contributed by atoms with Crippen LogP contribution in [0.1, 0.15) is 17.3 Å². The van der Waals surface area contributed by atoms with Crippen molar-refractivity contribution in [3.05, 3.63) is 34.6 Å². The zero-order valence-electron chi connectivity index (χ0n) is 7.76. The SMILES string of the molecule is CC(CN)C(=O)c1ccc(F)c(Cl)c1. The number of halogens is 2. The van der Waals surface area contributed by atoms with E-state index >= 15 is 0 Å². The first-order valence-electron chi connectivity index (χ1n) is 4.25. The average Bonchev–Trinajstić information content (AvgIpc) is 2.20. The molecular formula is C10H11ClFNO. The molecule has 0 aromatic heterocycles. The van der Waals surface area contributed by atoms with Crippen LogP contribution in [0.3, 0.4) is 0 Å². The lowest BCUT2D eigenvalue weighted by atomic mass is 10.00. The fraction of sp³-hybridized carbons (Fsp3) is 0.300. The quantitative estimate of drug-likeness (QED) is 0.786. The van der Waals surface area contributed by atoms with Crippen LogP contribution >= 0.6 is 11.6 Å². The summed E-state index contributed by atoms with van der Waals surface area (Å²) in [6.45, 7) is 1.99. The zero-order valence-corrected chi connectivity index (χ0v) is 8.51. The third-order valence-electron chi connectivity index (χ3n) is 2.01. The van der Waals surface area contributed by atoms with Gasteiger partial charge in [-0.1, -0.05) is 18.5 Å². The van der Waals surface area contributed by atoms with Crippen LogP contribution < -0.4 is 5.73 Å². The maximum Gasteiger partial charge on any atom is 0.166 e. The van der Waals surface area contributed by atoms with Crippen LogP contribution in [0.2, 0.25) is 5.02 Å². The topological polar surface area (TPSA) is 43.1 Å². The number of Topliss-reactive ketones (excluding diaryl/α,β-unsaturated/α-hetero) is 1. The van der Waals surface area contributed by atoms with Crippen LogP contribution in [0, 0.1) is 11.7 Å². The molecular weight excluding hydrogens is 205 g/mol. The van der Waals surface area contributed by atoms with Gasteiger partial charge in [-0.3, -0.25) is 4.79 Å². The van der Waals surface area contributed by atoms with Gasteiger partial charge in [0.2, 0.25) is 0 Å². The van der Waals surface area contributed by atoms with Gasteiger partial charge in [-0.25, -0.2) is 4.39 Å². The Kier molecular flexibility index (Phi) is 3.61. The Morgan fingerprint density at radius 1 is 1.64 bits per heavy atom. The lowest BCUT2D eigenvalue weighted by molar-refractivity contribution is 0.0934. The van der Waals surface area contributed by atoms with Crippen molar-refractivity contribution in [1.82, 2.24) is 0 Å². The Hall–Kier alpha value is -0.930. The molecule has 1 atom stereocenters. The third-order valence-corrected chi connectivity index (χ3v) is 2.29. The minimum Gasteiger partial charge on any atom is -0.330 e. The van der Waals surface area contributed by atoms with Crippen molar-refractivity contribution in [3.63, 3.8) is 0 Å². The first-order chi connectivity index (χ1) is 6.56. The highest BCUT2D eigenvalue weighted by molar-refractivity contribution is 6.31. The summed E-state index contributed by atoms with van der Waals surface area (Å²) in [7, 11) is 0. The monoisotopic (exact) mass is 215 g/mol. The van der Waals surface area contributed by atoms with E-state index < -0.39 is 5.82 Å². The summed E-state index contributed by atoms with van der Waals surface area (Å²) in [6, 6.07) is 3.92. The number of ketones is 1. The fourth-order valence-corrected chi connectivity index (χ4v) is 1.22. The second-order valence-electron chi connectivity index (χ2n) is 3.13. The maximum absolute atomic E-state index is 12.8. The number of hydrogen-bond acceptors (Lipinski definition) is 2. The summed E-state index contributed by atoms with van der Waals surface area (Å²) in [4.78, 5) is 11.6. The molecule has 0 bridgehead atoms. The summed E-state index contributed by atoms with van der Waals surface area (Å²) in [6.07, 6.45) is 0. The molecule has 1 aromatic carbocycles. The lowest BCUT2D eigenvalue weighted by Gasteiger charge is -2.07. The third kappa shape index (κ3) is 2.30. The molecule has 2 N–H and O–H groups in total. The molecule has 0 aliphatic carbocycles. The highest BCUT2D eigenvalue weighted by Gasteiger charge is 2.14. The molecule has 0 saturated heterocycles. The predicted molar refractivity (Wildman–Crippen MR) is 54.0 cm³/mol. The van der Waals surface area contributed by atoms with Gasteiger partial charge in [0.15, 0.2) is 5.78 Å². The molecule has 0 aliphatic rings. The van der Waals surface area contributed by atoms with Crippen LogP contribution in [-0.4, -0.2) is 12.3 Å². The number of carbonyl (C=O) groups excluding carboxylic acids is 1. The van der Waals surface area contributed by atoms with E-state index in [2.05, 4.69) is 0 Å². The van der Waals surface area contributed by atoms with Gasteiger partial charge in [-0.05, 0) is 18.2 Å². The fourth-order valence-electron chi connectivity index (χ4n) is 1.04. The Labute approximate surface area is 86.9 Å². The molecule has 1 unspecified atom stereocenters. The van der Waals surface area contributed by atoms with Crippen molar-refractivity contribution in [1.29, 1.82) is 0 Å². The van der Waals surface area contributed by atoms with E-state index in [-0.39, 0.29) is 23.3 Å². The van der Waals surface area contributed by atoms with E-state index in [1.165, 1.54) is 18.2 Å². The van der Waals surface area contributed by atoms with E-state index in [4.69, 9.17) is 17.3 Å². The molecule has 0 radical (unpaired) electrons. The van der Waals surface area contributed by atoms with Gasteiger partial charge in [0.25, 0.3) is 0 Å². The molecule has 0 amide bonds. The number of benzene rings is 1. The molecule has 0 heterocycles. The first kappa shape index (κ1) is 11.1. The molecule has 0 saturated carbocycles. The number of rotatable bonds is 3. The van der Waals surface area contributed by atoms with Gasteiger partial charge in [0, 0.05) is 18.0 Å². The summed E-state index contributed by atoms with van der Waals surface area (Å²) in [5, 5.41) is -0.0416. The minimum atomic E-state index is -0.524. The largest absolute Gasteiger partial charge is 0.330 e. The van der Waals surface area contributed by atoms with Crippen LogP contribution in [0.5, 0.6) is 0 Å². The molecule has 0 spiro atoms. The maximum atomic E-state index is 12.8. The average molecular weight is 216 g/mol. The van der Waals surface area contributed by atoms with Crippen molar-refractivity contribution in [2.45, 2.75) is 6.92 Å². The first-order valence-corrected chi connectivity index (χ1v) is 4.63. The van der Waals surface area contributed by atoms with E-state index in [1.807, 2.05) is 0 Å². The number of hydrogen-bond donors (Lipinski definition) is 1. The van der Waals surface area contributed by atoms with Gasteiger partial charge in [-0.2, -0.15) is 0 Å². The summed E-state index contributed by atoms with van der Waals surface area (Å²) in [5.41, 5.74) is 5.75. The van der Waals surface area contributed by atoms with Crippen molar-refractivity contribution in [2.24, 2.45) is 11.7 Å². The minimum absolute atomic E-state index is 0.0416. The van der Waals surface area contributed by atoms with E-state index in [0.29, 0.717) is 5.56 Å². The summed E-state index contributed by atoms with van der Waals surface area (Å²) in [5.74, 6) is -0.908. The Balaban J connectivity index is 2.97. The van der Waals surface area contributed by atoms with Gasteiger partial charge < -0.3 is 5.73 Å². The van der Waals surface area contributed by atoms with Gasteiger partial charge in [0.1, 0.15) is 5.82 Å². The van der Waals surface area contributed by atoms with Crippen molar-refractivity contribution in [2.75, 3.05) is 6.54 Å². The second-order valence-corrected chi connectivity index (χ2v) is 3.54. The second kappa shape index (κ2) is 4.53. The Bertz CT molecular complexity index is 354. The molecule has 4 heteroatoms. The molecule has 1 rings (SSSR count). The van der Waals surface area contributed by atoms with E-state index in [1.54, 1.807) is 6.92 Å². The van der Waals surface area contributed by atoms with E-state index in [9.17, 15) is 9.18 Å². The highest BCUT2D eigenvalue weighted by Crippen LogP contribution is 2.18. The highest BCUT2D eigenvalue weighted by atomic mass is 35.5. The number of nitrogens with two attached hydrogens (primary N) is 1. The molecule has 76 valence electrons. The standard InChI is InChI=1S/C10H11ClFNO/c1-6(5-13)10(14)7-2-3-9(12)8(11)4-7/h2-4,6H,5,13H2,1H3. The Morgan fingerprint density at radius 2 is 2.29 bits per heavy atom. The predicted octanol–water partition coefficient (Wildman–Crippen LogP) is 2.26. The van der Waals surface area contributed by atoms with Crippen molar-refractivity contribution >= 4 is 17.4 Å². The van der Waals surface area contributed by atoms with Gasteiger partial charge in [-0.15, -0.1) is 0 Å². The molecule has 0 fully saturated rings. The number of carbonyl (C=O) groups is 1. The lowest BCUT2D eigenvalue weighted by Crippen LogP contribution is -2.20. The van der Waals surface area contributed by atoms with Gasteiger partial charge >= 0.3 is 0 Å². The van der Waals surface area contributed by atoms with Crippen molar-refractivity contribution in [3.8, 4) is 0 Å². The van der Waals surface area contributed by atoms with Crippen LogP contribution in [-0.2, 0) is 0 Å². The van der Waals surface area contributed by atoms with Gasteiger partial charge in [0.05, 0.1) is 5.02 Å². The molecule has 14 heavy (non-hydrogen) atoms. The molecule has 1 aromatic rings. The van der Waals surface area contributed by atoms with Crippen LogP contribution in [0.15, 0.2) is 18.2 Å². The van der Waals surface area contributed by atoms with Crippen LogP contribution in [0.25, 0.3) is 0 Å². The van der Waals surface area contributed by atoms with Crippen molar-refractivity contribution < 1.29 is 9.18 Å². The summed E-state index contributed by atoms with van der Waals surface area (Å²) < 4.78 is 12.8. The van der Waals surface area contributed by atoms with E-state index in [0.717, 1.165) is 0 Å². The molecule has 2 nitrogen and oxygen atoms in total. The summed E-state index contributed by atoms with van der Waals surface area (Å²) >= 11 is 5.55. The smallest absolute Gasteiger partial charge is 0.166 e. The normalized spacial score (nSPS) is 12.6.